The van der Waals surface area contributed by atoms with Gasteiger partial charge in [0.2, 0.25) is 0 Å². The van der Waals surface area contributed by atoms with Crippen LogP contribution in [-0.2, 0) is 20.1 Å². The Morgan fingerprint density at radius 1 is 0.938 bits per heavy atom. The summed E-state index contributed by atoms with van der Waals surface area (Å²) in [6.45, 7) is 3.79. The minimum absolute atomic E-state index is 0. The van der Waals surface area contributed by atoms with Gasteiger partial charge in [0, 0.05) is 54.7 Å². The maximum absolute atomic E-state index is 13.7. The minimum atomic E-state index is -0.686. The molecule has 2 aromatic carbocycles. The van der Waals surface area contributed by atoms with Crippen LogP contribution in [0.25, 0.3) is 33.5 Å². The predicted molar refractivity (Wildman–Crippen MR) is 116 cm³/mol. The number of furan rings is 1. The Labute approximate surface area is 198 Å². The number of hydrogen-bond donors (Lipinski definition) is 0. The van der Waals surface area contributed by atoms with Crippen LogP contribution < -0.4 is 0 Å². The van der Waals surface area contributed by atoms with Crippen molar-refractivity contribution in [3.63, 3.8) is 0 Å². The van der Waals surface area contributed by atoms with Gasteiger partial charge in [0.15, 0.2) is 0 Å². The quantitative estimate of drug-likeness (QED) is 0.210. The molecule has 6 heteroatoms. The average molecular weight is 605 g/mol. The number of fused-ring (bicyclic) bond motifs is 1. The van der Waals surface area contributed by atoms with E-state index in [2.05, 4.69) is 22.1 Å². The topological polar surface area (TPSA) is 38.9 Å². The van der Waals surface area contributed by atoms with E-state index >= 15 is 0 Å². The number of hydrogen-bond acceptors (Lipinski definition) is 3. The molecular formula is C26H18F2IrN2O-2. The molecule has 3 nitrogen and oxygen atoms in total. The molecule has 0 spiro atoms. The third kappa shape index (κ3) is 5.34. The van der Waals surface area contributed by atoms with E-state index in [1.807, 2.05) is 49.4 Å². The van der Waals surface area contributed by atoms with E-state index < -0.39 is 11.6 Å². The molecule has 1 radical (unpaired) electrons. The Balaban J connectivity index is 0.000000184. The van der Waals surface area contributed by atoms with Gasteiger partial charge >= 0.3 is 0 Å². The van der Waals surface area contributed by atoms with E-state index in [4.69, 9.17) is 4.42 Å². The van der Waals surface area contributed by atoms with E-state index in [9.17, 15) is 8.78 Å². The zero-order chi connectivity index (χ0) is 21.8. The predicted octanol–water partition coefficient (Wildman–Crippen LogP) is 6.74. The van der Waals surface area contributed by atoms with E-state index in [0.29, 0.717) is 22.4 Å². The standard InChI is InChI=1S/C14H8F2NO.C12H10N.Ir/c1-8-6-11-13(18-8)4-5-17-14(11)10-3-2-9(15)7-12(10)16;1-10-6-5-9-12(13-10)11-7-3-2-4-8-11;/h2,4-7H,1H3;2-7,9H,1H3;/q2*-1;. The Bertz CT molecular complexity index is 1340. The van der Waals surface area contributed by atoms with Crippen LogP contribution in [0.15, 0.2) is 77.3 Å². The third-order valence-corrected chi connectivity index (χ3v) is 4.54. The molecule has 0 saturated carbocycles. The summed E-state index contributed by atoms with van der Waals surface area (Å²) >= 11 is 0. The van der Waals surface area contributed by atoms with Crippen LogP contribution >= 0.6 is 0 Å². The normalized spacial score (nSPS) is 10.2. The number of rotatable bonds is 2. The van der Waals surface area contributed by atoms with Crippen molar-refractivity contribution in [1.29, 1.82) is 0 Å². The number of aromatic nitrogens is 2. The van der Waals surface area contributed by atoms with Gasteiger partial charge in [-0.1, -0.05) is 23.8 Å². The minimum Gasteiger partial charge on any atom is -0.462 e. The number of halogens is 2. The number of aryl methyl sites for hydroxylation is 2. The van der Waals surface area contributed by atoms with Gasteiger partial charge in [-0.25, -0.2) is 0 Å². The molecule has 0 aliphatic rings. The van der Waals surface area contributed by atoms with Crippen molar-refractivity contribution in [2.45, 2.75) is 13.8 Å². The van der Waals surface area contributed by atoms with Gasteiger partial charge in [-0.3, -0.25) is 8.78 Å². The average Bonchev–Trinajstić information content (AvgIpc) is 3.15. The molecule has 0 aliphatic carbocycles. The summed E-state index contributed by atoms with van der Waals surface area (Å²) in [5.41, 5.74) is 4.24. The fourth-order valence-electron chi connectivity index (χ4n) is 3.16. The molecule has 0 bridgehead atoms. The smallest absolute Gasteiger partial charge is 0.128 e. The maximum Gasteiger partial charge on any atom is 0.128 e. The Morgan fingerprint density at radius 3 is 2.50 bits per heavy atom. The van der Waals surface area contributed by atoms with Crippen molar-refractivity contribution in [1.82, 2.24) is 9.97 Å². The van der Waals surface area contributed by atoms with Gasteiger partial charge in [0.05, 0.1) is 0 Å². The van der Waals surface area contributed by atoms with Crippen LogP contribution in [0.4, 0.5) is 8.78 Å². The summed E-state index contributed by atoms with van der Waals surface area (Å²) in [6, 6.07) is 25.0. The van der Waals surface area contributed by atoms with Crippen LogP contribution in [0.1, 0.15) is 11.5 Å². The summed E-state index contributed by atoms with van der Waals surface area (Å²) in [4.78, 5) is 8.54. The number of nitrogens with zero attached hydrogens (tertiary/aromatic N) is 2. The van der Waals surface area contributed by atoms with E-state index in [-0.39, 0.29) is 25.7 Å². The largest absolute Gasteiger partial charge is 0.462 e. The molecule has 0 atom stereocenters. The van der Waals surface area contributed by atoms with Gasteiger partial charge < -0.3 is 14.4 Å². The first-order valence-corrected chi connectivity index (χ1v) is 9.64. The first kappa shape index (κ1) is 23.5. The Hall–Kier alpha value is -3.21. The molecule has 32 heavy (non-hydrogen) atoms. The molecule has 5 rings (SSSR count). The van der Waals surface area contributed by atoms with Crippen LogP contribution in [0.3, 0.4) is 0 Å². The molecular weight excluding hydrogens is 587 g/mol. The SMILES string of the molecule is Cc1cc2c(-c3[c-]cc(F)cc3F)nccc2o1.Cc1cccc(-c2[c-]cccc2)n1.[Ir]. The second kappa shape index (κ2) is 10.4. The zero-order valence-corrected chi connectivity index (χ0v) is 19.7. The second-order valence-electron chi connectivity index (χ2n) is 6.91. The van der Waals surface area contributed by atoms with Gasteiger partial charge in [0.25, 0.3) is 0 Å². The summed E-state index contributed by atoms with van der Waals surface area (Å²) in [7, 11) is 0. The Kier molecular flexibility index (Phi) is 7.62. The summed E-state index contributed by atoms with van der Waals surface area (Å²) in [5.74, 6) is -0.637. The molecule has 3 aromatic heterocycles. The molecule has 0 N–H and O–H groups in total. The molecule has 0 fully saturated rings. The zero-order valence-electron chi connectivity index (χ0n) is 17.3. The summed E-state index contributed by atoms with van der Waals surface area (Å²) < 4.78 is 32.0. The van der Waals surface area contributed by atoms with Crippen molar-refractivity contribution in [2.75, 3.05) is 0 Å². The van der Waals surface area contributed by atoms with E-state index in [0.717, 1.165) is 29.1 Å². The van der Waals surface area contributed by atoms with Gasteiger partial charge in [-0.2, -0.15) is 0 Å². The number of benzene rings is 2. The van der Waals surface area contributed by atoms with Gasteiger partial charge in [-0.05, 0) is 37.7 Å². The molecule has 0 amide bonds. The first-order valence-electron chi connectivity index (χ1n) is 9.64. The summed E-state index contributed by atoms with van der Waals surface area (Å²) in [5, 5.41) is 0.691. The molecule has 5 aromatic rings. The van der Waals surface area contributed by atoms with E-state index in [1.165, 1.54) is 6.20 Å². The third-order valence-electron chi connectivity index (χ3n) is 4.54. The van der Waals surface area contributed by atoms with Crippen molar-refractivity contribution in [3.8, 4) is 22.5 Å². The summed E-state index contributed by atoms with van der Waals surface area (Å²) in [6.07, 6.45) is 1.53. The van der Waals surface area contributed by atoms with Crippen LogP contribution in [0.2, 0.25) is 0 Å². The van der Waals surface area contributed by atoms with Gasteiger partial charge in [0.1, 0.15) is 11.3 Å². The van der Waals surface area contributed by atoms with Gasteiger partial charge in [-0.15, -0.1) is 48.0 Å². The van der Waals surface area contributed by atoms with E-state index in [1.54, 1.807) is 19.1 Å². The van der Waals surface area contributed by atoms with Crippen LogP contribution in [0, 0.1) is 37.6 Å². The van der Waals surface area contributed by atoms with Crippen molar-refractivity contribution >= 4 is 11.0 Å². The van der Waals surface area contributed by atoms with Crippen LogP contribution in [0.5, 0.6) is 0 Å². The fourth-order valence-corrected chi connectivity index (χ4v) is 3.16. The maximum atomic E-state index is 13.7. The molecule has 3 heterocycles. The molecule has 0 aliphatic heterocycles. The monoisotopic (exact) mass is 605 g/mol. The van der Waals surface area contributed by atoms with Crippen molar-refractivity contribution < 1.29 is 33.3 Å². The van der Waals surface area contributed by atoms with Crippen molar-refractivity contribution in [2.24, 2.45) is 0 Å². The molecule has 163 valence electrons. The fraction of sp³-hybridized carbons (Fsp3) is 0.0769. The first-order chi connectivity index (χ1) is 15.0. The second-order valence-corrected chi connectivity index (χ2v) is 6.91. The number of pyridine rings is 2. The molecule has 0 unspecified atom stereocenters. The molecule has 0 saturated heterocycles. The van der Waals surface area contributed by atoms with Crippen LogP contribution in [-0.4, -0.2) is 9.97 Å². The van der Waals surface area contributed by atoms with Crippen molar-refractivity contribution in [3.05, 3.63) is 108 Å². The Morgan fingerprint density at radius 2 is 1.78 bits per heavy atom.